The molecule has 0 aliphatic heterocycles. The molecular formula is C16H14Cl2N2O3S. The Labute approximate surface area is 153 Å². The first kappa shape index (κ1) is 18.6. The lowest BCUT2D eigenvalue weighted by molar-refractivity contribution is -0.113. The summed E-state index contributed by atoms with van der Waals surface area (Å²) in [6.45, 7) is 1.99. The van der Waals surface area contributed by atoms with Gasteiger partial charge in [-0.2, -0.15) is 0 Å². The SMILES string of the molecule is CCOC(=O)c1cccnc1SCC(=O)Nc1cccc(Cl)c1Cl. The number of nitrogens with zero attached hydrogens (tertiary/aromatic N) is 1. The van der Waals surface area contributed by atoms with Gasteiger partial charge in [0.1, 0.15) is 5.03 Å². The van der Waals surface area contributed by atoms with Crippen LogP contribution in [0.4, 0.5) is 5.69 Å². The van der Waals surface area contributed by atoms with E-state index in [-0.39, 0.29) is 23.3 Å². The fraction of sp³-hybridized carbons (Fsp3) is 0.188. The predicted molar refractivity (Wildman–Crippen MR) is 96.0 cm³/mol. The van der Waals surface area contributed by atoms with E-state index in [2.05, 4.69) is 10.3 Å². The van der Waals surface area contributed by atoms with Gasteiger partial charge in [-0.05, 0) is 31.2 Å². The van der Waals surface area contributed by atoms with Crippen molar-refractivity contribution in [3.63, 3.8) is 0 Å². The van der Waals surface area contributed by atoms with Crippen LogP contribution in [0.1, 0.15) is 17.3 Å². The summed E-state index contributed by atoms with van der Waals surface area (Å²) in [6.07, 6.45) is 1.55. The van der Waals surface area contributed by atoms with Gasteiger partial charge in [0.25, 0.3) is 0 Å². The zero-order chi connectivity index (χ0) is 17.5. The molecule has 126 valence electrons. The van der Waals surface area contributed by atoms with Crippen LogP contribution in [0.2, 0.25) is 10.0 Å². The van der Waals surface area contributed by atoms with Gasteiger partial charge in [-0.25, -0.2) is 9.78 Å². The average Bonchev–Trinajstić information content (AvgIpc) is 2.57. The Bertz CT molecular complexity index is 756. The Balaban J connectivity index is 2.02. The maximum absolute atomic E-state index is 12.1. The minimum absolute atomic E-state index is 0.0618. The molecule has 2 aromatic rings. The van der Waals surface area contributed by atoms with Crippen molar-refractivity contribution in [2.45, 2.75) is 11.9 Å². The number of nitrogens with one attached hydrogen (secondary N) is 1. The van der Waals surface area contributed by atoms with Gasteiger partial charge in [0, 0.05) is 6.20 Å². The van der Waals surface area contributed by atoms with Gasteiger partial charge < -0.3 is 10.1 Å². The quantitative estimate of drug-likeness (QED) is 0.593. The number of esters is 1. The molecule has 0 aliphatic rings. The third-order valence-electron chi connectivity index (χ3n) is 2.83. The summed E-state index contributed by atoms with van der Waals surface area (Å²) in [4.78, 5) is 28.1. The van der Waals surface area contributed by atoms with Gasteiger partial charge in [-0.3, -0.25) is 4.79 Å². The van der Waals surface area contributed by atoms with Crippen molar-refractivity contribution in [1.29, 1.82) is 0 Å². The van der Waals surface area contributed by atoms with Crippen molar-refractivity contribution in [2.24, 2.45) is 0 Å². The summed E-state index contributed by atoms with van der Waals surface area (Å²) in [7, 11) is 0. The zero-order valence-electron chi connectivity index (χ0n) is 12.7. The van der Waals surface area contributed by atoms with Gasteiger partial charge in [0.15, 0.2) is 0 Å². The second-order valence-corrected chi connectivity index (χ2v) is 6.26. The predicted octanol–water partition coefficient (Wildman–Crippen LogP) is 4.30. The fourth-order valence-electron chi connectivity index (χ4n) is 1.79. The average molecular weight is 385 g/mol. The third kappa shape index (κ3) is 4.87. The fourth-order valence-corrected chi connectivity index (χ4v) is 2.92. The Kier molecular flexibility index (Phi) is 6.90. The zero-order valence-corrected chi connectivity index (χ0v) is 15.0. The second kappa shape index (κ2) is 8.92. The lowest BCUT2D eigenvalue weighted by atomic mass is 10.3. The molecule has 1 aromatic carbocycles. The van der Waals surface area contributed by atoms with E-state index in [1.807, 2.05) is 0 Å². The van der Waals surface area contributed by atoms with Gasteiger partial charge in [-0.15, -0.1) is 0 Å². The number of aromatic nitrogens is 1. The lowest BCUT2D eigenvalue weighted by Crippen LogP contribution is -2.15. The summed E-state index contributed by atoms with van der Waals surface area (Å²) in [5.41, 5.74) is 0.763. The van der Waals surface area contributed by atoms with Crippen molar-refractivity contribution < 1.29 is 14.3 Å². The molecule has 1 aromatic heterocycles. The molecule has 0 saturated carbocycles. The first-order valence-electron chi connectivity index (χ1n) is 7.01. The number of hydrogen-bond acceptors (Lipinski definition) is 5. The molecule has 1 N–H and O–H groups in total. The number of hydrogen-bond donors (Lipinski definition) is 1. The van der Waals surface area contributed by atoms with Crippen molar-refractivity contribution >= 4 is 52.5 Å². The largest absolute Gasteiger partial charge is 0.462 e. The molecule has 1 amide bonds. The van der Waals surface area contributed by atoms with Crippen LogP contribution in [0.25, 0.3) is 0 Å². The smallest absolute Gasteiger partial charge is 0.340 e. The van der Waals surface area contributed by atoms with Crippen molar-refractivity contribution in [2.75, 3.05) is 17.7 Å². The lowest BCUT2D eigenvalue weighted by Gasteiger charge is -2.09. The maximum atomic E-state index is 12.1. The van der Waals surface area contributed by atoms with Crippen LogP contribution in [-0.4, -0.2) is 29.2 Å². The Hall–Kier alpha value is -1.76. The van der Waals surface area contributed by atoms with Crippen molar-refractivity contribution in [1.82, 2.24) is 4.98 Å². The van der Waals surface area contributed by atoms with Crippen LogP contribution in [0, 0.1) is 0 Å². The molecule has 0 fully saturated rings. The first-order chi connectivity index (χ1) is 11.5. The highest BCUT2D eigenvalue weighted by Crippen LogP contribution is 2.30. The number of carbonyl (C=O) groups is 2. The molecule has 0 radical (unpaired) electrons. The molecule has 0 aliphatic carbocycles. The number of anilines is 1. The topological polar surface area (TPSA) is 68.3 Å². The molecule has 0 unspecified atom stereocenters. The van der Waals surface area contributed by atoms with Gasteiger partial charge in [-0.1, -0.05) is 41.0 Å². The standard InChI is InChI=1S/C16H14Cl2N2O3S/c1-2-23-16(22)10-5-4-8-19-15(10)24-9-13(21)20-12-7-3-6-11(17)14(12)18/h3-8H,2,9H2,1H3,(H,20,21). The first-order valence-corrected chi connectivity index (χ1v) is 8.76. The number of halogens is 2. The molecule has 2 rings (SSSR count). The number of benzene rings is 1. The third-order valence-corrected chi connectivity index (χ3v) is 4.66. The summed E-state index contributed by atoms with van der Waals surface area (Å²) in [5.74, 6) is -0.692. The van der Waals surface area contributed by atoms with E-state index in [9.17, 15) is 9.59 Å². The Morgan fingerprint density at radius 2 is 2.04 bits per heavy atom. The summed E-state index contributed by atoms with van der Waals surface area (Å²) in [6, 6.07) is 8.23. The minimum atomic E-state index is -0.466. The summed E-state index contributed by atoms with van der Waals surface area (Å²) < 4.78 is 4.98. The molecule has 0 bridgehead atoms. The maximum Gasteiger partial charge on any atom is 0.340 e. The molecule has 1 heterocycles. The van der Waals surface area contributed by atoms with Crippen LogP contribution < -0.4 is 5.32 Å². The van der Waals surface area contributed by atoms with Crippen LogP contribution in [0.5, 0.6) is 0 Å². The number of amides is 1. The van der Waals surface area contributed by atoms with Crippen LogP contribution in [0.3, 0.4) is 0 Å². The number of rotatable bonds is 6. The number of thioether (sulfide) groups is 1. The summed E-state index contributed by atoms with van der Waals surface area (Å²) >= 11 is 13.1. The summed E-state index contributed by atoms with van der Waals surface area (Å²) in [5, 5.41) is 3.75. The molecule has 24 heavy (non-hydrogen) atoms. The Morgan fingerprint density at radius 1 is 1.25 bits per heavy atom. The minimum Gasteiger partial charge on any atom is -0.462 e. The second-order valence-electron chi connectivity index (χ2n) is 4.51. The molecule has 0 saturated heterocycles. The monoisotopic (exact) mass is 384 g/mol. The van der Waals surface area contributed by atoms with Crippen LogP contribution >= 0.6 is 35.0 Å². The van der Waals surface area contributed by atoms with E-state index in [1.165, 1.54) is 0 Å². The van der Waals surface area contributed by atoms with Crippen molar-refractivity contribution in [3.8, 4) is 0 Å². The molecule has 0 atom stereocenters. The number of carbonyl (C=O) groups excluding carboxylic acids is 2. The van der Waals surface area contributed by atoms with Crippen molar-refractivity contribution in [3.05, 3.63) is 52.1 Å². The number of pyridine rings is 1. The van der Waals surface area contributed by atoms with E-state index < -0.39 is 5.97 Å². The highest BCUT2D eigenvalue weighted by Gasteiger charge is 2.15. The van der Waals surface area contributed by atoms with Gasteiger partial charge in [0.05, 0.1) is 33.7 Å². The molecule has 8 heteroatoms. The normalized spacial score (nSPS) is 10.3. The van der Waals surface area contributed by atoms with Crippen LogP contribution in [-0.2, 0) is 9.53 Å². The molecule has 5 nitrogen and oxygen atoms in total. The van der Waals surface area contributed by atoms with Crippen LogP contribution in [0.15, 0.2) is 41.6 Å². The van der Waals surface area contributed by atoms with Gasteiger partial charge in [0.2, 0.25) is 5.91 Å². The Morgan fingerprint density at radius 3 is 2.79 bits per heavy atom. The van der Waals surface area contributed by atoms with E-state index >= 15 is 0 Å². The highest BCUT2D eigenvalue weighted by atomic mass is 35.5. The van der Waals surface area contributed by atoms with E-state index in [0.29, 0.717) is 21.3 Å². The van der Waals surface area contributed by atoms with E-state index in [0.717, 1.165) is 11.8 Å². The van der Waals surface area contributed by atoms with Gasteiger partial charge >= 0.3 is 5.97 Å². The van der Waals surface area contributed by atoms with E-state index in [4.69, 9.17) is 27.9 Å². The molecular weight excluding hydrogens is 371 g/mol. The molecule has 0 spiro atoms. The van der Waals surface area contributed by atoms with E-state index in [1.54, 1.807) is 43.5 Å². The highest BCUT2D eigenvalue weighted by molar-refractivity contribution is 8.00. The number of ether oxygens (including phenoxy) is 1.